The largest absolute Gasteiger partial charge is 0.378 e. The Balaban J connectivity index is 2.17. The summed E-state index contributed by atoms with van der Waals surface area (Å²) in [5.74, 6) is 0. The predicted molar refractivity (Wildman–Crippen MR) is 65.2 cm³/mol. The van der Waals surface area contributed by atoms with Crippen molar-refractivity contribution in [1.82, 2.24) is 10.3 Å². The van der Waals surface area contributed by atoms with Crippen molar-refractivity contribution in [3.8, 4) is 6.07 Å². The fourth-order valence-electron chi connectivity index (χ4n) is 1.35. The monoisotopic (exact) mass is 292 g/mol. The van der Waals surface area contributed by atoms with E-state index in [-0.39, 0.29) is 0 Å². The van der Waals surface area contributed by atoms with Gasteiger partial charge >= 0.3 is 0 Å². The Morgan fingerprint density at radius 2 is 2.29 bits per heavy atom. The molecule has 0 amide bonds. The van der Waals surface area contributed by atoms with Crippen LogP contribution >= 0.6 is 15.9 Å². The van der Waals surface area contributed by atoms with Crippen LogP contribution in [0, 0.1) is 18.3 Å². The van der Waals surface area contributed by atoms with Gasteiger partial charge in [0.15, 0.2) is 0 Å². The molecule has 0 saturated heterocycles. The van der Waals surface area contributed by atoms with Gasteiger partial charge in [-0.15, -0.1) is 0 Å². The first-order valence-electron chi connectivity index (χ1n) is 4.92. The van der Waals surface area contributed by atoms with Gasteiger partial charge in [-0.05, 0) is 25.1 Å². The van der Waals surface area contributed by atoms with Crippen LogP contribution in [0.15, 0.2) is 27.3 Å². The molecule has 86 valence electrons. The molecule has 0 radical (unpaired) electrons. The lowest BCUT2D eigenvalue weighted by Crippen LogP contribution is -2.03. The van der Waals surface area contributed by atoms with Crippen molar-refractivity contribution in [2.45, 2.75) is 13.5 Å². The molecule has 2 rings (SSSR count). The van der Waals surface area contributed by atoms with Crippen molar-refractivity contribution in [3.63, 3.8) is 0 Å². The number of aryl methyl sites for hydroxylation is 1. The molecule has 0 fully saturated rings. The summed E-state index contributed by atoms with van der Waals surface area (Å²) >= 11 is 3.36. The van der Waals surface area contributed by atoms with E-state index < -0.39 is 0 Å². The standard InChI is InChI=1S/C11H9BrN4O/c1-7-11(16-17-15-7)6-14-10-4-9(12)3-2-8(10)5-13/h2-4,14H,6H2,1H3. The molecule has 1 heterocycles. The Labute approximate surface area is 107 Å². The second-order valence-electron chi connectivity index (χ2n) is 3.45. The average molecular weight is 293 g/mol. The third-order valence-electron chi connectivity index (χ3n) is 2.29. The Hall–Kier alpha value is -1.87. The summed E-state index contributed by atoms with van der Waals surface area (Å²) in [4.78, 5) is 0. The number of benzene rings is 1. The van der Waals surface area contributed by atoms with Crippen molar-refractivity contribution in [2.24, 2.45) is 0 Å². The lowest BCUT2D eigenvalue weighted by atomic mass is 10.2. The van der Waals surface area contributed by atoms with Crippen LogP contribution in [-0.4, -0.2) is 10.3 Å². The van der Waals surface area contributed by atoms with Crippen molar-refractivity contribution >= 4 is 21.6 Å². The molecule has 2 aromatic rings. The summed E-state index contributed by atoms with van der Waals surface area (Å²) in [6.45, 7) is 2.29. The fraction of sp³-hybridized carbons (Fsp3) is 0.182. The number of anilines is 1. The zero-order valence-corrected chi connectivity index (χ0v) is 10.7. The van der Waals surface area contributed by atoms with Gasteiger partial charge in [0.05, 0.1) is 17.8 Å². The second kappa shape index (κ2) is 4.97. The molecule has 0 unspecified atom stereocenters. The molecule has 1 aromatic heterocycles. The van der Waals surface area contributed by atoms with Crippen LogP contribution in [0.4, 0.5) is 5.69 Å². The first kappa shape index (κ1) is 11.6. The first-order chi connectivity index (χ1) is 8.20. The van der Waals surface area contributed by atoms with E-state index >= 15 is 0 Å². The minimum Gasteiger partial charge on any atom is -0.378 e. The Bertz CT molecular complexity index is 573. The van der Waals surface area contributed by atoms with Gasteiger partial charge in [-0.25, -0.2) is 4.63 Å². The average Bonchev–Trinajstić information content (AvgIpc) is 2.72. The molecule has 0 aliphatic carbocycles. The number of halogens is 1. The molecule has 0 bridgehead atoms. The van der Waals surface area contributed by atoms with Crippen LogP contribution in [0.2, 0.25) is 0 Å². The summed E-state index contributed by atoms with van der Waals surface area (Å²) in [6.07, 6.45) is 0. The molecule has 5 nitrogen and oxygen atoms in total. The van der Waals surface area contributed by atoms with E-state index in [9.17, 15) is 0 Å². The molecule has 0 atom stereocenters. The van der Waals surface area contributed by atoms with E-state index in [1.807, 2.05) is 19.1 Å². The third-order valence-corrected chi connectivity index (χ3v) is 2.79. The molecule has 6 heteroatoms. The minimum absolute atomic E-state index is 0.473. The molecule has 0 spiro atoms. The van der Waals surface area contributed by atoms with Crippen LogP contribution in [-0.2, 0) is 6.54 Å². The third kappa shape index (κ3) is 2.63. The highest BCUT2D eigenvalue weighted by molar-refractivity contribution is 9.10. The van der Waals surface area contributed by atoms with Crippen LogP contribution in [0.1, 0.15) is 17.0 Å². The van der Waals surface area contributed by atoms with E-state index in [1.165, 1.54) is 0 Å². The highest BCUT2D eigenvalue weighted by Gasteiger charge is 2.07. The van der Waals surface area contributed by atoms with Gasteiger partial charge in [-0.3, -0.25) is 0 Å². The summed E-state index contributed by atoms with van der Waals surface area (Å²) < 4.78 is 5.51. The SMILES string of the molecule is Cc1nonc1CNc1cc(Br)ccc1C#N. The van der Waals surface area contributed by atoms with Gasteiger partial charge in [0.25, 0.3) is 0 Å². The van der Waals surface area contributed by atoms with Gasteiger partial charge in [0.1, 0.15) is 17.5 Å². The van der Waals surface area contributed by atoms with Crippen LogP contribution < -0.4 is 5.32 Å². The number of nitrogens with one attached hydrogen (secondary N) is 1. The maximum atomic E-state index is 8.97. The Morgan fingerprint density at radius 3 is 2.94 bits per heavy atom. The van der Waals surface area contributed by atoms with Gasteiger partial charge in [-0.1, -0.05) is 26.2 Å². The van der Waals surface area contributed by atoms with Crippen molar-refractivity contribution < 1.29 is 4.63 Å². The number of hydrogen-bond donors (Lipinski definition) is 1. The zero-order valence-electron chi connectivity index (χ0n) is 9.07. The molecule has 17 heavy (non-hydrogen) atoms. The van der Waals surface area contributed by atoms with Gasteiger partial charge in [-0.2, -0.15) is 5.26 Å². The van der Waals surface area contributed by atoms with E-state index in [0.717, 1.165) is 21.5 Å². The van der Waals surface area contributed by atoms with E-state index in [4.69, 9.17) is 5.26 Å². The van der Waals surface area contributed by atoms with Gasteiger partial charge < -0.3 is 5.32 Å². The lowest BCUT2D eigenvalue weighted by Gasteiger charge is -2.06. The van der Waals surface area contributed by atoms with E-state index in [0.29, 0.717) is 12.1 Å². The normalized spacial score (nSPS) is 9.94. The smallest absolute Gasteiger partial charge is 0.127 e. The highest BCUT2D eigenvalue weighted by Crippen LogP contribution is 2.21. The molecule has 1 N–H and O–H groups in total. The van der Waals surface area contributed by atoms with Crippen LogP contribution in [0.25, 0.3) is 0 Å². The number of nitriles is 1. The highest BCUT2D eigenvalue weighted by atomic mass is 79.9. The molecule has 0 saturated carbocycles. The maximum absolute atomic E-state index is 8.97. The zero-order chi connectivity index (χ0) is 12.3. The lowest BCUT2D eigenvalue weighted by molar-refractivity contribution is 0.301. The number of nitrogens with zero attached hydrogens (tertiary/aromatic N) is 3. The summed E-state index contributed by atoms with van der Waals surface area (Å²) in [5.41, 5.74) is 2.81. The molecular formula is C11H9BrN4O. The Morgan fingerprint density at radius 1 is 1.47 bits per heavy atom. The molecular weight excluding hydrogens is 284 g/mol. The fourth-order valence-corrected chi connectivity index (χ4v) is 1.71. The summed E-state index contributed by atoms with van der Waals surface area (Å²) in [5, 5.41) is 19.6. The van der Waals surface area contributed by atoms with Crippen LogP contribution in [0.3, 0.4) is 0 Å². The van der Waals surface area contributed by atoms with Crippen molar-refractivity contribution in [3.05, 3.63) is 39.6 Å². The number of aromatic nitrogens is 2. The number of rotatable bonds is 3. The van der Waals surface area contributed by atoms with E-state index in [2.05, 4.69) is 42.3 Å². The first-order valence-corrected chi connectivity index (χ1v) is 5.71. The summed E-state index contributed by atoms with van der Waals surface area (Å²) in [7, 11) is 0. The predicted octanol–water partition coefficient (Wildman–Crippen LogP) is 2.62. The van der Waals surface area contributed by atoms with Gasteiger partial charge in [0, 0.05) is 4.47 Å². The number of hydrogen-bond acceptors (Lipinski definition) is 5. The van der Waals surface area contributed by atoms with E-state index in [1.54, 1.807) is 6.07 Å². The Kier molecular flexibility index (Phi) is 3.40. The molecule has 1 aromatic carbocycles. The summed E-state index contributed by atoms with van der Waals surface area (Å²) in [6, 6.07) is 7.55. The van der Waals surface area contributed by atoms with Crippen molar-refractivity contribution in [2.75, 3.05) is 5.32 Å². The molecule has 0 aliphatic heterocycles. The van der Waals surface area contributed by atoms with Gasteiger partial charge in [0.2, 0.25) is 0 Å². The molecule has 0 aliphatic rings. The van der Waals surface area contributed by atoms with Crippen LogP contribution in [0.5, 0.6) is 0 Å². The maximum Gasteiger partial charge on any atom is 0.127 e. The second-order valence-corrected chi connectivity index (χ2v) is 4.37. The topological polar surface area (TPSA) is 74.7 Å². The quantitative estimate of drug-likeness (QED) is 0.941. The van der Waals surface area contributed by atoms with Crippen molar-refractivity contribution in [1.29, 1.82) is 5.26 Å². The minimum atomic E-state index is 0.473.